The van der Waals surface area contributed by atoms with Crippen LogP contribution >= 0.6 is 0 Å². The summed E-state index contributed by atoms with van der Waals surface area (Å²) in [6.07, 6.45) is 1.49. The van der Waals surface area contributed by atoms with Crippen LogP contribution in [0.3, 0.4) is 0 Å². The SMILES string of the molecule is C=CC(=C)C.CC(O)(CCO)CC(=O)O. The topological polar surface area (TPSA) is 77.8 Å². The molecule has 0 saturated heterocycles. The molecule has 15 heavy (non-hydrogen) atoms. The van der Waals surface area contributed by atoms with Crippen molar-refractivity contribution in [1.82, 2.24) is 0 Å². The molecule has 0 radical (unpaired) electrons. The number of aliphatic hydroxyl groups excluding tert-OH is 1. The molecule has 0 saturated carbocycles. The molecule has 0 fully saturated rings. The Morgan fingerprint density at radius 1 is 1.53 bits per heavy atom. The third-order valence-electron chi connectivity index (χ3n) is 1.53. The molecule has 0 aliphatic heterocycles. The van der Waals surface area contributed by atoms with Crippen LogP contribution in [0.25, 0.3) is 0 Å². The summed E-state index contributed by atoms with van der Waals surface area (Å²) in [4.78, 5) is 10.0. The quantitative estimate of drug-likeness (QED) is 0.606. The summed E-state index contributed by atoms with van der Waals surface area (Å²) in [5.41, 5.74) is -0.259. The second kappa shape index (κ2) is 8.20. The number of carboxylic acids is 1. The number of hydrogen-bond donors (Lipinski definition) is 3. The molecule has 0 amide bonds. The van der Waals surface area contributed by atoms with Gasteiger partial charge in [0.05, 0.1) is 12.0 Å². The number of carbonyl (C=O) groups is 1. The molecule has 0 aromatic carbocycles. The zero-order chi connectivity index (χ0) is 12.5. The summed E-state index contributed by atoms with van der Waals surface area (Å²) < 4.78 is 0. The van der Waals surface area contributed by atoms with Gasteiger partial charge in [-0.25, -0.2) is 0 Å². The normalized spacial score (nSPS) is 13.1. The van der Waals surface area contributed by atoms with Crippen LogP contribution < -0.4 is 0 Å². The van der Waals surface area contributed by atoms with Crippen LogP contribution in [0.5, 0.6) is 0 Å². The van der Waals surface area contributed by atoms with Crippen molar-refractivity contribution in [3.05, 3.63) is 24.8 Å². The lowest BCUT2D eigenvalue weighted by atomic mass is 9.99. The van der Waals surface area contributed by atoms with Crippen LogP contribution in [-0.2, 0) is 4.79 Å². The van der Waals surface area contributed by atoms with Gasteiger partial charge in [0, 0.05) is 6.61 Å². The highest BCUT2D eigenvalue weighted by atomic mass is 16.4. The van der Waals surface area contributed by atoms with Gasteiger partial charge in [-0.15, -0.1) is 0 Å². The third kappa shape index (κ3) is 15.6. The van der Waals surface area contributed by atoms with Crippen molar-refractivity contribution in [2.24, 2.45) is 0 Å². The fraction of sp³-hybridized carbons (Fsp3) is 0.545. The van der Waals surface area contributed by atoms with E-state index in [1.54, 1.807) is 6.08 Å². The average molecular weight is 216 g/mol. The summed E-state index contributed by atoms with van der Waals surface area (Å²) in [6, 6.07) is 0. The van der Waals surface area contributed by atoms with E-state index in [9.17, 15) is 4.79 Å². The smallest absolute Gasteiger partial charge is 0.306 e. The van der Waals surface area contributed by atoms with Crippen LogP contribution in [0.1, 0.15) is 26.7 Å². The first-order valence-electron chi connectivity index (χ1n) is 4.58. The summed E-state index contributed by atoms with van der Waals surface area (Å²) in [6.45, 7) is 10.1. The van der Waals surface area contributed by atoms with Gasteiger partial charge in [0.15, 0.2) is 0 Å². The molecule has 0 spiro atoms. The molecule has 88 valence electrons. The summed E-state index contributed by atoms with van der Waals surface area (Å²) in [5.74, 6) is -1.06. The number of aliphatic carboxylic acids is 1. The van der Waals surface area contributed by atoms with Gasteiger partial charge in [-0.1, -0.05) is 24.8 Å². The van der Waals surface area contributed by atoms with E-state index in [0.717, 1.165) is 5.57 Å². The molecule has 0 bridgehead atoms. The van der Waals surface area contributed by atoms with E-state index in [1.165, 1.54) is 6.92 Å². The zero-order valence-corrected chi connectivity index (χ0v) is 9.36. The fourth-order valence-electron chi connectivity index (χ4n) is 0.655. The van der Waals surface area contributed by atoms with Crippen LogP contribution in [0, 0.1) is 0 Å². The van der Waals surface area contributed by atoms with Crippen LogP contribution in [0.4, 0.5) is 0 Å². The minimum absolute atomic E-state index is 0.0965. The van der Waals surface area contributed by atoms with Gasteiger partial charge in [-0.3, -0.25) is 4.79 Å². The molecule has 1 unspecified atom stereocenters. The first-order chi connectivity index (χ1) is 6.75. The Balaban J connectivity index is 0. The molecule has 0 aromatic heterocycles. The molecule has 0 aromatic rings. The van der Waals surface area contributed by atoms with Crippen molar-refractivity contribution in [1.29, 1.82) is 0 Å². The predicted molar refractivity (Wildman–Crippen MR) is 59.6 cm³/mol. The third-order valence-corrected chi connectivity index (χ3v) is 1.53. The van der Waals surface area contributed by atoms with E-state index in [1.807, 2.05) is 6.92 Å². The maximum atomic E-state index is 10.0. The second-order valence-corrected chi connectivity index (χ2v) is 3.59. The van der Waals surface area contributed by atoms with Gasteiger partial charge in [0.2, 0.25) is 0 Å². The van der Waals surface area contributed by atoms with Crippen molar-refractivity contribution in [3.8, 4) is 0 Å². The molecule has 3 N–H and O–H groups in total. The van der Waals surface area contributed by atoms with Crippen molar-refractivity contribution in [2.45, 2.75) is 32.3 Å². The highest BCUT2D eigenvalue weighted by molar-refractivity contribution is 5.67. The molecular formula is C11H20O4. The molecule has 0 aliphatic carbocycles. The molecule has 1 atom stereocenters. The van der Waals surface area contributed by atoms with Gasteiger partial charge >= 0.3 is 5.97 Å². The molecule has 0 rings (SSSR count). The van der Waals surface area contributed by atoms with Crippen LogP contribution in [-0.4, -0.2) is 33.5 Å². The Morgan fingerprint density at radius 3 is 2.13 bits per heavy atom. The average Bonchev–Trinajstić information content (AvgIpc) is 2.02. The first kappa shape index (κ1) is 16.3. The minimum atomic E-state index is -1.28. The number of rotatable bonds is 5. The maximum absolute atomic E-state index is 10.0. The molecule has 4 heteroatoms. The Hall–Kier alpha value is -1.13. The standard InChI is InChI=1S/C6H12O4.C5H8/c1-6(10,2-3-7)4-5(8)9;1-4-5(2)3/h7,10H,2-4H2,1H3,(H,8,9);4H,1-2H2,3H3. The second-order valence-electron chi connectivity index (χ2n) is 3.59. The van der Waals surface area contributed by atoms with E-state index in [-0.39, 0.29) is 19.4 Å². The van der Waals surface area contributed by atoms with E-state index in [4.69, 9.17) is 15.3 Å². The van der Waals surface area contributed by atoms with Crippen molar-refractivity contribution in [2.75, 3.05) is 6.61 Å². The van der Waals surface area contributed by atoms with E-state index >= 15 is 0 Å². The highest BCUT2D eigenvalue weighted by Crippen LogP contribution is 2.12. The van der Waals surface area contributed by atoms with Crippen molar-refractivity contribution < 1.29 is 20.1 Å². The monoisotopic (exact) mass is 216 g/mol. The lowest BCUT2D eigenvalue weighted by Gasteiger charge is -2.18. The van der Waals surface area contributed by atoms with Gasteiger partial charge < -0.3 is 15.3 Å². The number of allylic oxidation sites excluding steroid dienone is 2. The van der Waals surface area contributed by atoms with Crippen molar-refractivity contribution >= 4 is 5.97 Å². The maximum Gasteiger partial charge on any atom is 0.306 e. The molecule has 4 nitrogen and oxygen atoms in total. The Morgan fingerprint density at radius 2 is 1.93 bits per heavy atom. The highest BCUT2D eigenvalue weighted by Gasteiger charge is 2.22. The number of aliphatic hydroxyl groups is 2. The van der Waals surface area contributed by atoms with Crippen LogP contribution in [0.15, 0.2) is 24.8 Å². The summed E-state index contributed by atoms with van der Waals surface area (Å²) in [7, 11) is 0. The van der Waals surface area contributed by atoms with Crippen molar-refractivity contribution in [3.63, 3.8) is 0 Å². The minimum Gasteiger partial charge on any atom is -0.481 e. The Kier molecular flexibility index (Phi) is 8.91. The first-order valence-corrected chi connectivity index (χ1v) is 4.58. The Labute approximate surface area is 90.6 Å². The van der Waals surface area contributed by atoms with Gasteiger partial charge in [0.1, 0.15) is 0 Å². The number of hydrogen-bond acceptors (Lipinski definition) is 3. The Bertz CT molecular complexity index is 219. The van der Waals surface area contributed by atoms with Gasteiger partial charge in [-0.05, 0) is 20.3 Å². The molecular weight excluding hydrogens is 196 g/mol. The molecule has 0 aliphatic rings. The fourth-order valence-corrected chi connectivity index (χ4v) is 0.655. The largest absolute Gasteiger partial charge is 0.481 e. The van der Waals surface area contributed by atoms with Gasteiger partial charge in [-0.2, -0.15) is 0 Å². The predicted octanol–water partition coefficient (Wildman–Crippen LogP) is 1.34. The number of carboxylic acid groups (broad SMARTS) is 1. The lowest BCUT2D eigenvalue weighted by Crippen LogP contribution is -2.28. The summed E-state index contributed by atoms with van der Waals surface area (Å²) >= 11 is 0. The van der Waals surface area contributed by atoms with E-state index in [0.29, 0.717) is 0 Å². The molecule has 0 heterocycles. The zero-order valence-electron chi connectivity index (χ0n) is 9.36. The van der Waals surface area contributed by atoms with E-state index < -0.39 is 11.6 Å². The summed E-state index contributed by atoms with van der Waals surface area (Å²) in [5, 5.41) is 25.7. The van der Waals surface area contributed by atoms with E-state index in [2.05, 4.69) is 13.2 Å². The van der Waals surface area contributed by atoms with Crippen LogP contribution in [0.2, 0.25) is 0 Å². The lowest BCUT2D eigenvalue weighted by molar-refractivity contribution is -0.142. The van der Waals surface area contributed by atoms with Gasteiger partial charge in [0.25, 0.3) is 0 Å².